The fourth-order valence-corrected chi connectivity index (χ4v) is 4.69. The summed E-state index contributed by atoms with van der Waals surface area (Å²) < 4.78 is 40.0. The summed E-state index contributed by atoms with van der Waals surface area (Å²) in [6.07, 6.45) is -0.629. The van der Waals surface area contributed by atoms with Crippen LogP contribution in [-0.4, -0.2) is 43.1 Å². The molecule has 2 aliphatic rings. The molecule has 1 aromatic heterocycles. The molecule has 1 aliphatic carbocycles. The quantitative estimate of drug-likeness (QED) is 0.773. The van der Waals surface area contributed by atoms with Gasteiger partial charge in [0.1, 0.15) is 0 Å². The van der Waals surface area contributed by atoms with E-state index in [9.17, 15) is 18.0 Å². The minimum Gasteiger partial charge on any atom is -0.369 e. The number of nitrogens with one attached hydrogen (secondary N) is 2. The summed E-state index contributed by atoms with van der Waals surface area (Å²) in [6.45, 7) is 5.31. The summed E-state index contributed by atoms with van der Waals surface area (Å²) in [5.74, 6) is 0.916. The highest BCUT2D eigenvalue weighted by Gasteiger charge is 2.46. The van der Waals surface area contributed by atoms with E-state index in [0.717, 1.165) is 19.3 Å². The van der Waals surface area contributed by atoms with E-state index >= 15 is 0 Å². The first-order chi connectivity index (χ1) is 13.2. The number of carbonyl (C=O) groups excluding carboxylic acids is 1. The van der Waals surface area contributed by atoms with E-state index < -0.39 is 11.9 Å². The van der Waals surface area contributed by atoms with Crippen LogP contribution in [0, 0.1) is 17.8 Å². The lowest BCUT2D eigenvalue weighted by molar-refractivity contribution is -0.140. The molecule has 0 spiro atoms. The first-order valence-corrected chi connectivity index (χ1v) is 9.95. The number of alkyl halides is 3. The van der Waals surface area contributed by atoms with Gasteiger partial charge in [0.2, 0.25) is 5.91 Å². The zero-order valence-electron chi connectivity index (χ0n) is 16.6. The van der Waals surface area contributed by atoms with E-state index in [1.54, 1.807) is 13.1 Å². The Bertz CT molecular complexity index is 694. The monoisotopic (exact) mass is 398 g/mol. The SMILES string of the molecule is CNC(=O)[C@H](CC(C)C)N[C@H]1CC[C@@H]2CN(c3cccnc3C(F)(F)F)C[C@@H]21. The number of aromatic nitrogens is 1. The van der Waals surface area contributed by atoms with Crippen molar-refractivity contribution in [1.29, 1.82) is 0 Å². The van der Waals surface area contributed by atoms with Crippen LogP contribution in [0.15, 0.2) is 18.3 Å². The van der Waals surface area contributed by atoms with Crippen molar-refractivity contribution in [1.82, 2.24) is 15.6 Å². The lowest BCUT2D eigenvalue weighted by Crippen LogP contribution is -2.50. The Kier molecular flexibility index (Phi) is 6.17. The maximum absolute atomic E-state index is 13.3. The molecule has 1 saturated carbocycles. The maximum Gasteiger partial charge on any atom is 0.435 e. The van der Waals surface area contributed by atoms with Crippen molar-refractivity contribution in [3.05, 3.63) is 24.0 Å². The molecule has 28 heavy (non-hydrogen) atoms. The van der Waals surface area contributed by atoms with Gasteiger partial charge in [0.05, 0.1) is 11.7 Å². The number of hydrogen-bond acceptors (Lipinski definition) is 4. The van der Waals surface area contributed by atoms with Crippen LogP contribution in [-0.2, 0) is 11.0 Å². The van der Waals surface area contributed by atoms with Crippen LogP contribution >= 0.6 is 0 Å². The molecule has 0 unspecified atom stereocenters. The molecule has 0 aromatic carbocycles. The van der Waals surface area contributed by atoms with Crippen molar-refractivity contribution >= 4 is 11.6 Å². The van der Waals surface area contributed by atoms with E-state index in [-0.39, 0.29) is 29.6 Å². The summed E-state index contributed by atoms with van der Waals surface area (Å²) in [7, 11) is 1.63. The zero-order valence-corrected chi connectivity index (χ0v) is 16.6. The van der Waals surface area contributed by atoms with Gasteiger partial charge in [-0.1, -0.05) is 13.8 Å². The van der Waals surface area contributed by atoms with Crippen LogP contribution in [0.5, 0.6) is 0 Å². The van der Waals surface area contributed by atoms with Crippen molar-refractivity contribution in [3.63, 3.8) is 0 Å². The number of pyridine rings is 1. The average Bonchev–Trinajstić information content (AvgIpc) is 3.21. The van der Waals surface area contributed by atoms with Crippen LogP contribution in [0.4, 0.5) is 18.9 Å². The van der Waals surface area contributed by atoms with Crippen LogP contribution in [0.25, 0.3) is 0 Å². The molecule has 4 atom stereocenters. The topological polar surface area (TPSA) is 57.3 Å². The second kappa shape index (κ2) is 8.27. The molecule has 1 aliphatic heterocycles. The van der Waals surface area contributed by atoms with Gasteiger partial charge in [-0.05, 0) is 49.1 Å². The number of halogens is 3. The molecule has 1 aromatic rings. The average molecular weight is 398 g/mol. The second-order valence-corrected chi connectivity index (χ2v) is 8.34. The Labute approximate surface area is 164 Å². The number of rotatable bonds is 6. The number of hydrogen-bond donors (Lipinski definition) is 2. The van der Waals surface area contributed by atoms with E-state index in [1.807, 2.05) is 4.90 Å². The highest BCUT2D eigenvalue weighted by molar-refractivity contribution is 5.81. The molecule has 8 heteroatoms. The molecular formula is C20H29F3N4O. The molecule has 2 N–H and O–H groups in total. The number of fused-ring (bicyclic) bond motifs is 1. The molecule has 156 valence electrons. The van der Waals surface area contributed by atoms with Crippen LogP contribution in [0.1, 0.15) is 38.8 Å². The third-order valence-corrected chi connectivity index (χ3v) is 5.94. The van der Waals surface area contributed by atoms with E-state index in [2.05, 4.69) is 29.5 Å². The van der Waals surface area contributed by atoms with Crippen molar-refractivity contribution < 1.29 is 18.0 Å². The Morgan fingerprint density at radius 2 is 2.07 bits per heavy atom. The standard InChI is InChI=1S/C20H29F3N4O/c1-12(2)9-16(19(28)24-3)26-15-7-6-13-10-27(11-14(13)15)17-5-4-8-25-18(17)20(21,22)23/h4-5,8,12-16,26H,6-7,9-11H2,1-3H3,(H,24,28)/t13-,14+,15+,16+/m1/s1. The molecule has 0 radical (unpaired) electrons. The largest absolute Gasteiger partial charge is 0.435 e. The smallest absolute Gasteiger partial charge is 0.369 e. The fraction of sp³-hybridized carbons (Fsp3) is 0.700. The number of carbonyl (C=O) groups is 1. The van der Waals surface area contributed by atoms with Crippen molar-refractivity contribution in [2.75, 3.05) is 25.0 Å². The number of nitrogens with zero attached hydrogens (tertiary/aromatic N) is 2. The molecule has 5 nitrogen and oxygen atoms in total. The Balaban J connectivity index is 1.73. The third-order valence-electron chi connectivity index (χ3n) is 5.94. The van der Waals surface area contributed by atoms with Gasteiger partial charge in [0, 0.05) is 32.4 Å². The molecule has 2 fully saturated rings. The van der Waals surface area contributed by atoms with Crippen LogP contribution < -0.4 is 15.5 Å². The summed E-state index contributed by atoms with van der Waals surface area (Å²) in [5.41, 5.74) is -0.657. The Morgan fingerprint density at radius 3 is 2.71 bits per heavy atom. The highest BCUT2D eigenvalue weighted by Crippen LogP contribution is 2.43. The fourth-order valence-electron chi connectivity index (χ4n) is 4.69. The van der Waals surface area contributed by atoms with Crippen LogP contribution in [0.3, 0.4) is 0 Å². The molecule has 1 saturated heterocycles. The summed E-state index contributed by atoms with van der Waals surface area (Å²) >= 11 is 0. The number of anilines is 1. The van der Waals surface area contributed by atoms with Crippen molar-refractivity contribution in [3.8, 4) is 0 Å². The van der Waals surface area contributed by atoms with Gasteiger partial charge in [-0.3, -0.25) is 4.79 Å². The maximum atomic E-state index is 13.3. The Morgan fingerprint density at radius 1 is 1.32 bits per heavy atom. The minimum absolute atomic E-state index is 0.0291. The minimum atomic E-state index is -4.46. The van der Waals surface area contributed by atoms with Gasteiger partial charge in [-0.2, -0.15) is 13.2 Å². The normalized spacial score (nSPS) is 25.8. The second-order valence-electron chi connectivity index (χ2n) is 8.34. The van der Waals surface area contributed by atoms with Crippen molar-refractivity contribution in [2.24, 2.45) is 17.8 Å². The predicted molar refractivity (Wildman–Crippen MR) is 102 cm³/mol. The number of likely N-dealkylation sites (N-methyl/N-ethyl adjacent to an activating group) is 1. The van der Waals surface area contributed by atoms with E-state index in [4.69, 9.17) is 0 Å². The van der Waals surface area contributed by atoms with Gasteiger partial charge < -0.3 is 15.5 Å². The zero-order chi connectivity index (χ0) is 20.5. The predicted octanol–water partition coefficient (Wildman–Crippen LogP) is 3.07. The Hall–Kier alpha value is -1.83. The van der Waals surface area contributed by atoms with Gasteiger partial charge in [0.15, 0.2) is 5.69 Å². The van der Waals surface area contributed by atoms with Crippen molar-refractivity contribution in [2.45, 2.75) is 51.4 Å². The van der Waals surface area contributed by atoms with E-state index in [0.29, 0.717) is 24.9 Å². The van der Waals surface area contributed by atoms with Crippen LogP contribution in [0.2, 0.25) is 0 Å². The lowest BCUT2D eigenvalue weighted by atomic mass is 9.95. The van der Waals surface area contributed by atoms with Gasteiger partial charge in [-0.15, -0.1) is 0 Å². The summed E-state index contributed by atoms with van der Waals surface area (Å²) in [4.78, 5) is 17.7. The highest BCUT2D eigenvalue weighted by atomic mass is 19.4. The molecular weight excluding hydrogens is 369 g/mol. The molecule has 3 rings (SSSR count). The first kappa shape index (κ1) is 20.9. The summed E-state index contributed by atoms with van der Waals surface area (Å²) in [6, 6.07) is 2.93. The molecule has 0 bridgehead atoms. The van der Waals surface area contributed by atoms with Gasteiger partial charge >= 0.3 is 6.18 Å². The van der Waals surface area contributed by atoms with E-state index in [1.165, 1.54) is 12.3 Å². The molecule has 2 heterocycles. The third kappa shape index (κ3) is 4.42. The number of amides is 1. The van der Waals surface area contributed by atoms with Gasteiger partial charge in [-0.25, -0.2) is 4.98 Å². The summed E-state index contributed by atoms with van der Waals surface area (Å²) in [5, 5.41) is 6.23. The lowest BCUT2D eigenvalue weighted by Gasteiger charge is -2.28. The first-order valence-electron chi connectivity index (χ1n) is 9.95. The molecule has 1 amide bonds. The van der Waals surface area contributed by atoms with Gasteiger partial charge in [0.25, 0.3) is 0 Å².